The summed E-state index contributed by atoms with van der Waals surface area (Å²) in [6.07, 6.45) is -30.2. The van der Waals surface area contributed by atoms with Crippen molar-refractivity contribution in [2.24, 2.45) is 0 Å². The van der Waals surface area contributed by atoms with Crippen molar-refractivity contribution >= 4 is 0 Å². The van der Waals surface area contributed by atoms with Gasteiger partial charge in [0.2, 0.25) is 0 Å². The first kappa shape index (κ1) is 46.1. The molecule has 2 aliphatic heterocycles. The van der Waals surface area contributed by atoms with E-state index in [0.29, 0.717) is 0 Å². The predicted octanol–water partition coefficient (Wildman–Crippen LogP) is -12.3. The Labute approximate surface area is 266 Å². The fourth-order valence-corrected chi connectivity index (χ4v) is 4.33. The SMILES string of the molecule is O.OC[C@@H](O)[C@@H](O[C@@H]1O[C@H](CO)[C@H](O)[C@H](O)[C@H]1O)[C@H](O)[C@@H](O)CO.OC[C@@H](O)[C@@H](O[C@@H]1O[C@H](CO)[C@H](O)[C@H](O)[C@H]1O)[C@H](O)[C@@H](O)CO. The molecule has 2 rings (SSSR count). The van der Waals surface area contributed by atoms with Crippen molar-refractivity contribution in [3.63, 3.8) is 0 Å². The van der Waals surface area contributed by atoms with Crippen LogP contribution < -0.4 is 0 Å². The van der Waals surface area contributed by atoms with Gasteiger partial charge in [-0.3, -0.25) is 0 Å². The van der Waals surface area contributed by atoms with Crippen LogP contribution in [0.3, 0.4) is 0 Å². The maximum atomic E-state index is 9.83. The summed E-state index contributed by atoms with van der Waals surface area (Å²) >= 11 is 0. The van der Waals surface area contributed by atoms with E-state index in [4.69, 9.17) is 49.6 Å². The molecule has 0 aliphatic carbocycles. The van der Waals surface area contributed by atoms with Gasteiger partial charge in [0.15, 0.2) is 12.6 Å². The Bertz CT molecular complexity index is 747. The molecule has 2 fully saturated rings. The molecule has 18 atom stereocenters. The second-order valence-corrected chi connectivity index (χ2v) is 10.6. The first-order chi connectivity index (χ1) is 21.6. The van der Waals surface area contributed by atoms with Crippen molar-refractivity contribution in [3.05, 3.63) is 0 Å². The molecule has 0 bridgehead atoms. The molecule has 23 nitrogen and oxygen atoms in total. The summed E-state index contributed by atoms with van der Waals surface area (Å²) in [5.41, 5.74) is 0. The molecule has 2 saturated heterocycles. The Kier molecular flexibility index (Phi) is 21.6. The van der Waals surface area contributed by atoms with Gasteiger partial charge in [-0.15, -0.1) is 0 Å². The second-order valence-electron chi connectivity index (χ2n) is 10.6. The Morgan fingerprint density at radius 3 is 0.936 bits per heavy atom. The Hall–Kier alpha value is -0.920. The van der Waals surface area contributed by atoms with Crippen molar-refractivity contribution in [3.8, 4) is 0 Å². The fourth-order valence-electron chi connectivity index (χ4n) is 4.33. The van der Waals surface area contributed by atoms with Crippen LogP contribution in [0.2, 0.25) is 0 Å². The average Bonchev–Trinajstić information content (AvgIpc) is 3.07. The van der Waals surface area contributed by atoms with Gasteiger partial charge in [-0.05, 0) is 0 Å². The van der Waals surface area contributed by atoms with Gasteiger partial charge in [-0.25, -0.2) is 0 Å². The van der Waals surface area contributed by atoms with Crippen LogP contribution in [0, 0.1) is 0 Å². The number of ether oxygens (including phenoxy) is 4. The number of hydrogen-bond acceptors (Lipinski definition) is 22. The van der Waals surface area contributed by atoms with E-state index in [1.165, 1.54) is 0 Å². The Morgan fingerprint density at radius 2 is 0.702 bits per heavy atom. The fraction of sp³-hybridized carbons (Fsp3) is 1.00. The molecule has 2 aliphatic rings. The summed E-state index contributed by atoms with van der Waals surface area (Å²) in [5, 5.41) is 170. The first-order valence-corrected chi connectivity index (χ1v) is 14.0. The molecule has 0 aromatic carbocycles. The van der Waals surface area contributed by atoms with Gasteiger partial charge in [0.25, 0.3) is 0 Å². The zero-order chi connectivity index (χ0) is 35.5. The van der Waals surface area contributed by atoms with Crippen LogP contribution in [0.5, 0.6) is 0 Å². The average molecular weight is 707 g/mol. The van der Waals surface area contributed by atoms with Gasteiger partial charge in [-0.1, -0.05) is 0 Å². The lowest BCUT2D eigenvalue weighted by atomic mass is 9.98. The molecule has 23 heteroatoms. The molecule has 0 spiro atoms. The largest absolute Gasteiger partial charge is 0.412 e. The van der Waals surface area contributed by atoms with E-state index in [0.717, 1.165) is 0 Å². The highest BCUT2D eigenvalue weighted by Gasteiger charge is 2.48. The Balaban J connectivity index is 0.000000882. The first-order valence-electron chi connectivity index (χ1n) is 14.0. The highest BCUT2D eigenvalue weighted by atomic mass is 16.7. The third-order valence-electron chi connectivity index (χ3n) is 7.25. The van der Waals surface area contributed by atoms with Gasteiger partial charge in [0.1, 0.15) is 97.7 Å². The molecule has 0 amide bonds. The van der Waals surface area contributed by atoms with E-state index in [1.54, 1.807) is 0 Å². The van der Waals surface area contributed by atoms with E-state index < -0.39 is 150 Å². The summed E-state index contributed by atoms with van der Waals surface area (Å²) < 4.78 is 20.3. The minimum absolute atomic E-state index is 0. The molecule has 0 saturated carbocycles. The van der Waals surface area contributed by atoms with E-state index in [-0.39, 0.29) is 5.48 Å². The third kappa shape index (κ3) is 12.1. The van der Waals surface area contributed by atoms with Gasteiger partial charge in [0.05, 0.1) is 39.6 Å². The quantitative estimate of drug-likeness (QED) is 0.0708. The molecule has 0 aromatic rings. The molecule has 0 unspecified atom stereocenters. The smallest absolute Gasteiger partial charge is 0.187 e. The minimum atomic E-state index is -1.85. The lowest BCUT2D eigenvalue weighted by Crippen LogP contribution is -2.61. The maximum Gasteiger partial charge on any atom is 0.187 e. The van der Waals surface area contributed by atoms with Crippen molar-refractivity contribution in [2.75, 3.05) is 39.6 Å². The van der Waals surface area contributed by atoms with Crippen LogP contribution in [0.15, 0.2) is 0 Å². The molecule has 0 aromatic heterocycles. The summed E-state index contributed by atoms with van der Waals surface area (Å²) in [6, 6.07) is 0. The van der Waals surface area contributed by atoms with Gasteiger partial charge >= 0.3 is 0 Å². The van der Waals surface area contributed by atoms with Crippen LogP contribution >= 0.6 is 0 Å². The summed E-state index contributed by atoms with van der Waals surface area (Å²) in [6.45, 7) is -4.91. The monoisotopic (exact) mass is 706 g/mol. The zero-order valence-corrected chi connectivity index (χ0v) is 24.8. The zero-order valence-electron chi connectivity index (χ0n) is 24.8. The van der Waals surface area contributed by atoms with E-state index >= 15 is 0 Å². The van der Waals surface area contributed by atoms with E-state index in [9.17, 15) is 61.3 Å². The van der Waals surface area contributed by atoms with Crippen LogP contribution in [-0.4, -0.2) is 247 Å². The van der Waals surface area contributed by atoms with Crippen molar-refractivity contribution in [1.82, 2.24) is 0 Å². The molecule has 20 N–H and O–H groups in total. The topological polar surface area (TPSA) is 433 Å². The molecule has 47 heavy (non-hydrogen) atoms. The summed E-state index contributed by atoms with van der Waals surface area (Å²) in [7, 11) is 0. The summed E-state index contributed by atoms with van der Waals surface area (Å²) in [5.74, 6) is 0. The van der Waals surface area contributed by atoms with Crippen LogP contribution in [0.1, 0.15) is 0 Å². The standard InChI is InChI=1S/2C12H24O11.H2O/c2*13-1-4(16)7(18)11(5(17)2-14)23-12-10(21)9(20)8(19)6(3-15)22-12;/h2*4-21H,1-3H2;1H2/t2*4-,5+,6+,7+,8-,9-,10+,11+,12-;/m00./s1. The minimum Gasteiger partial charge on any atom is -0.412 e. The van der Waals surface area contributed by atoms with Crippen LogP contribution in [0.4, 0.5) is 0 Å². The van der Waals surface area contributed by atoms with Crippen molar-refractivity contribution < 1.29 is 116 Å². The van der Waals surface area contributed by atoms with Crippen molar-refractivity contribution in [1.29, 1.82) is 0 Å². The number of aliphatic hydroxyl groups excluding tert-OH is 18. The predicted molar refractivity (Wildman–Crippen MR) is 145 cm³/mol. The van der Waals surface area contributed by atoms with Crippen LogP contribution in [-0.2, 0) is 18.9 Å². The van der Waals surface area contributed by atoms with Gasteiger partial charge in [0, 0.05) is 0 Å². The third-order valence-corrected chi connectivity index (χ3v) is 7.25. The van der Waals surface area contributed by atoms with E-state index in [1.807, 2.05) is 0 Å². The lowest BCUT2D eigenvalue weighted by Gasteiger charge is -2.42. The van der Waals surface area contributed by atoms with E-state index in [2.05, 4.69) is 0 Å². The van der Waals surface area contributed by atoms with Gasteiger partial charge < -0.3 is 116 Å². The van der Waals surface area contributed by atoms with Crippen molar-refractivity contribution in [2.45, 2.75) is 110 Å². The lowest BCUT2D eigenvalue weighted by molar-refractivity contribution is -0.327. The van der Waals surface area contributed by atoms with Gasteiger partial charge in [-0.2, -0.15) is 0 Å². The highest BCUT2D eigenvalue weighted by molar-refractivity contribution is 4.92. The molecular weight excluding hydrogens is 656 g/mol. The molecule has 2 heterocycles. The number of hydrogen-bond donors (Lipinski definition) is 18. The summed E-state index contributed by atoms with van der Waals surface area (Å²) in [4.78, 5) is 0. The number of rotatable bonds is 16. The van der Waals surface area contributed by atoms with Crippen LogP contribution in [0.25, 0.3) is 0 Å². The second kappa shape index (κ2) is 22.0. The number of aliphatic hydroxyl groups is 18. The molecular formula is C24H50O23. The normalized spacial score (nSPS) is 36.4. The Morgan fingerprint density at radius 1 is 0.426 bits per heavy atom. The molecule has 284 valence electrons. The highest BCUT2D eigenvalue weighted by Crippen LogP contribution is 2.26. The maximum absolute atomic E-state index is 9.83. The molecule has 0 radical (unpaired) electrons.